The minimum atomic E-state index is -0.158. The fourth-order valence-corrected chi connectivity index (χ4v) is 1.69. The third-order valence-corrected chi connectivity index (χ3v) is 3.12. The Morgan fingerprint density at radius 2 is 2.06 bits per heavy atom. The number of hydrogen-bond donors (Lipinski definition) is 0. The van der Waals surface area contributed by atoms with Crippen LogP contribution in [0.25, 0.3) is 0 Å². The summed E-state index contributed by atoms with van der Waals surface area (Å²) in [4.78, 5) is 13.4. The van der Waals surface area contributed by atoms with Crippen molar-refractivity contribution in [3.8, 4) is 0 Å². The molecular formula is C14H21NO2. The van der Waals surface area contributed by atoms with Crippen LogP contribution in [0.4, 0.5) is 0 Å². The Balaban J connectivity index is 2.57. The quantitative estimate of drug-likeness (QED) is 0.734. The Bertz CT molecular complexity index is 376. The fraction of sp³-hybridized carbons (Fsp3) is 0.500. The predicted octanol–water partition coefficient (Wildman–Crippen LogP) is 2.38. The van der Waals surface area contributed by atoms with Gasteiger partial charge in [0.25, 0.3) is 0 Å². The average molecular weight is 235 g/mol. The smallest absolute Gasteiger partial charge is 0.307 e. The van der Waals surface area contributed by atoms with Gasteiger partial charge in [0.2, 0.25) is 0 Å². The van der Waals surface area contributed by atoms with Crippen LogP contribution in [0.2, 0.25) is 0 Å². The van der Waals surface area contributed by atoms with Crippen LogP contribution in [-0.4, -0.2) is 31.1 Å². The van der Waals surface area contributed by atoms with Gasteiger partial charge in [-0.3, -0.25) is 9.69 Å². The summed E-state index contributed by atoms with van der Waals surface area (Å²) in [6.45, 7) is 4.99. The van der Waals surface area contributed by atoms with Crippen LogP contribution in [0.3, 0.4) is 0 Å². The van der Waals surface area contributed by atoms with E-state index in [2.05, 4.69) is 28.7 Å². The average Bonchev–Trinajstić information content (AvgIpc) is 2.31. The number of carbonyl (C=O) groups is 1. The van der Waals surface area contributed by atoms with Gasteiger partial charge in [0, 0.05) is 12.6 Å². The first-order valence-electron chi connectivity index (χ1n) is 5.86. The van der Waals surface area contributed by atoms with Crippen LogP contribution in [-0.2, 0) is 16.1 Å². The van der Waals surface area contributed by atoms with Crippen molar-refractivity contribution >= 4 is 5.97 Å². The summed E-state index contributed by atoms with van der Waals surface area (Å²) in [5.74, 6) is -0.158. The minimum Gasteiger partial charge on any atom is -0.469 e. The van der Waals surface area contributed by atoms with E-state index in [1.54, 1.807) is 0 Å². The van der Waals surface area contributed by atoms with Crippen molar-refractivity contribution in [1.82, 2.24) is 4.90 Å². The molecule has 94 valence electrons. The zero-order valence-corrected chi connectivity index (χ0v) is 11.1. The summed E-state index contributed by atoms with van der Waals surface area (Å²) in [6.07, 6.45) is 0.429. The van der Waals surface area contributed by atoms with Gasteiger partial charge in [0.1, 0.15) is 0 Å². The Morgan fingerprint density at radius 3 is 2.65 bits per heavy atom. The van der Waals surface area contributed by atoms with Crippen molar-refractivity contribution in [2.45, 2.75) is 32.9 Å². The van der Waals surface area contributed by atoms with Crippen molar-refractivity contribution in [2.24, 2.45) is 0 Å². The minimum absolute atomic E-state index is 0.158. The highest BCUT2D eigenvalue weighted by Crippen LogP contribution is 2.12. The van der Waals surface area contributed by atoms with Crippen LogP contribution in [0.1, 0.15) is 24.5 Å². The van der Waals surface area contributed by atoms with Crippen LogP contribution in [0.5, 0.6) is 0 Å². The molecule has 0 aliphatic heterocycles. The lowest BCUT2D eigenvalue weighted by Gasteiger charge is -2.24. The van der Waals surface area contributed by atoms with E-state index in [-0.39, 0.29) is 12.0 Å². The van der Waals surface area contributed by atoms with Crippen molar-refractivity contribution in [3.63, 3.8) is 0 Å². The van der Waals surface area contributed by atoms with E-state index in [9.17, 15) is 4.79 Å². The van der Waals surface area contributed by atoms with Gasteiger partial charge in [0.05, 0.1) is 13.5 Å². The monoisotopic (exact) mass is 235 g/mol. The number of esters is 1. The lowest BCUT2D eigenvalue weighted by Crippen LogP contribution is -2.31. The number of aryl methyl sites for hydroxylation is 1. The van der Waals surface area contributed by atoms with E-state index in [1.807, 2.05) is 26.1 Å². The topological polar surface area (TPSA) is 29.5 Å². The molecule has 0 spiro atoms. The van der Waals surface area contributed by atoms with Gasteiger partial charge in [-0.2, -0.15) is 0 Å². The third-order valence-electron chi connectivity index (χ3n) is 3.12. The van der Waals surface area contributed by atoms with Gasteiger partial charge in [-0.1, -0.05) is 24.3 Å². The largest absolute Gasteiger partial charge is 0.469 e. The molecule has 0 fully saturated rings. The summed E-state index contributed by atoms with van der Waals surface area (Å²) < 4.78 is 4.68. The van der Waals surface area contributed by atoms with Crippen LogP contribution >= 0.6 is 0 Å². The summed E-state index contributed by atoms with van der Waals surface area (Å²) >= 11 is 0. The van der Waals surface area contributed by atoms with Crippen LogP contribution in [0, 0.1) is 6.92 Å². The molecule has 0 amide bonds. The highest BCUT2D eigenvalue weighted by Gasteiger charge is 2.14. The van der Waals surface area contributed by atoms with Crippen molar-refractivity contribution < 1.29 is 9.53 Å². The molecule has 0 N–H and O–H groups in total. The highest BCUT2D eigenvalue weighted by atomic mass is 16.5. The SMILES string of the molecule is COC(=O)CC(C)N(C)Cc1ccccc1C. The van der Waals surface area contributed by atoms with Crippen molar-refractivity contribution in [1.29, 1.82) is 0 Å². The Labute approximate surface area is 103 Å². The first-order valence-corrected chi connectivity index (χ1v) is 5.86. The van der Waals surface area contributed by atoms with E-state index in [0.717, 1.165) is 6.54 Å². The molecule has 1 aromatic rings. The number of nitrogens with zero attached hydrogens (tertiary/aromatic N) is 1. The standard InChI is InChI=1S/C14H21NO2/c1-11-7-5-6-8-13(11)10-15(3)12(2)9-14(16)17-4/h5-8,12H,9-10H2,1-4H3. The van der Waals surface area contributed by atoms with Gasteiger partial charge < -0.3 is 4.74 Å². The molecule has 0 radical (unpaired) electrons. The summed E-state index contributed by atoms with van der Waals surface area (Å²) in [5.41, 5.74) is 2.58. The van der Waals surface area contributed by atoms with E-state index in [1.165, 1.54) is 18.2 Å². The molecule has 1 rings (SSSR count). The van der Waals surface area contributed by atoms with E-state index in [4.69, 9.17) is 0 Å². The molecule has 3 nitrogen and oxygen atoms in total. The number of carbonyl (C=O) groups excluding carboxylic acids is 1. The first kappa shape index (κ1) is 13.7. The van der Waals surface area contributed by atoms with Gasteiger partial charge in [-0.05, 0) is 32.0 Å². The molecule has 1 atom stereocenters. The zero-order chi connectivity index (χ0) is 12.8. The molecule has 1 aromatic carbocycles. The number of methoxy groups -OCH3 is 1. The molecule has 17 heavy (non-hydrogen) atoms. The summed E-state index contributed by atoms with van der Waals surface area (Å²) in [5, 5.41) is 0. The second kappa shape index (κ2) is 6.40. The maximum Gasteiger partial charge on any atom is 0.307 e. The molecule has 3 heteroatoms. The maximum absolute atomic E-state index is 11.2. The first-order chi connectivity index (χ1) is 8.04. The molecule has 0 saturated heterocycles. The highest BCUT2D eigenvalue weighted by molar-refractivity contribution is 5.69. The number of rotatable bonds is 5. The summed E-state index contributed by atoms with van der Waals surface area (Å²) in [7, 11) is 3.45. The molecule has 0 heterocycles. The van der Waals surface area contributed by atoms with E-state index < -0.39 is 0 Å². The maximum atomic E-state index is 11.2. The zero-order valence-electron chi connectivity index (χ0n) is 11.1. The Hall–Kier alpha value is -1.35. The molecule has 0 saturated carbocycles. The van der Waals surface area contributed by atoms with Gasteiger partial charge in [-0.15, -0.1) is 0 Å². The molecule has 0 aromatic heterocycles. The lowest BCUT2D eigenvalue weighted by atomic mass is 10.1. The number of hydrogen-bond acceptors (Lipinski definition) is 3. The van der Waals surface area contributed by atoms with Gasteiger partial charge in [-0.25, -0.2) is 0 Å². The van der Waals surface area contributed by atoms with Crippen molar-refractivity contribution in [3.05, 3.63) is 35.4 Å². The number of ether oxygens (including phenoxy) is 1. The van der Waals surface area contributed by atoms with E-state index in [0.29, 0.717) is 6.42 Å². The Kier molecular flexibility index (Phi) is 5.16. The second-order valence-electron chi connectivity index (χ2n) is 4.47. The second-order valence-corrected chi connectivity index (χ2v) is 4.47. The Morgan fingerprint density at radius 1 is 1.41 bits per heavy atom. The normalized spacial score (nSPS) is 12.5. The van der Waals surface area contributed by atoms with Gasteiger partial charge >= 0.3 is 5.97 Å². The fourth-order valence-electron chi connectivity index (χ4n) is 1.69. The lowest BCUT2D eigenvalue weighted by molar-refractivity contribution is -0.141. The molecular weight excluding hydrogens is 214 g/mol. The molecule has 1 unspecified atom stereocenters. The summed E-state index contributed by atoms with van der Waals surface area (Å²) in [6, 6.07) is 8.49. The molecule has 0 aliphatic carbocycles. The third kappa shape index (κ3) is 4.19. The number of benzene rings is 1. The molecule has 0 aliphatic rings. The van der Waals surface area contributed by atoms with E-state index >= 15 is 0 Å². The predicted molar refractivity (Wildman–Crippen MR) is 68.7 cm³/mol. The van der Waals surface area contributed by atoms with Gasteiger partial charge in [0.15, 0.2) is 0 Å². The van der Waals surface area contributed by atoms with Crippen LogP contribution in [0.15, 0.2) is 24.3 Å². The molecule has 0 bridgehead atoms. The van der Waals surface area contributed by atoms with Crippen molar-refractivity contribution in [2.75, 3.05) is 14.2 Å². The van der Waals surface area contributed by atoms with Crippen LogP contribution < -0.4 is 0 Å².